The molecule has 9 rings (SSSR count). The Kier molecular flexibility index (Phi) is 6.10. The lowest BCUT2D eigenvalue weighted by Gasteiger charge is -2.10. The number of nitrogens with zero attached hydrogens (tertiary/aromatic N) is 4. The normalized spacial score (nSPS) is 11.5. The molecule has 0 fully saturated rings. The summed E-state index contributed by atoms with van der Waals surface area (Å²) < 4.78 is 0. The molecule has 0 amide bonds. The number of hydrogen-bond acceptors (Lipinski definition) is 4. The Balaban J connectivity index is 1.06. The van der Waals surface area contributed by atoms with E-state index in [1.165, 1.54) is 16.3 Å². The fourth-order valence-corrected chi connectivity index (χ4v) is 6.24. The van der Waals surface area contributed by atoms with Crippen molar-refractivity contribution >= 4 is 43.5 Å². The van der Waals surface area contributed by atoms with Gasteiger partial charge in [-0.3, -0.25) is 4.98 Å². The highest BCUT2D eigenvalue weighted by Crippen LogP contribution is 2.32. The predicted octanol–water partition coefficient (Wildman–Crippen LogP) is 10.5. The van der Waals surface area contributed by atoms with Crippen molar-refractivity contribution in [1.29, 1.82) is 0 Å². The molecule has 0 bridgehead atoms. The number of rotatable bonds is 4. The van der Waals surface area contributed by atoms with Crippen LogP contribution in [0.5, 0.6) is 0 Å². The van der Waals surface area contributed by atoms with Gasteiger partial charge in [0.25, 0.3) is 0 Å². The van der Waals surface area contributed by atoms with Gasteiger partial charge in [0.05, 0.1) is 39.3 Å². The lowest BCUT2D eigenvalue weighted by Crippen LogP contribution is -1.91. The van der Waals surface area contributed by atoms with Crippen LogP contribution in [0.2, 0.25) is 0 Å². The largest absolute Gasteiger partial charge is 0.255 e. The smallest absolute Gasteiger partial charge is 0.0972 e. The van der Waals surface area contributed by atoms with E-state index < -0.39 is 0 Å². The van der Waals surface area contributed by atoms with Gasteiger partial charge in [0.2, 0.25) is 0 Å². The molecule has 0 atom stereocenters. The SMILES string of the molecule is c1ccc(-c2ccc3ccc4ccc(-c5ccc6cc(-c7ccc8nc(-c9ccccn9)ccc8c7)ccc6c5)nc4c3n2)cc1. The van der Waals surface area contributed by atoms with E-state index in [0.29, 0.717) is 0 Å². The van der Waals surface area contributed by atoms with Crippen LogP contribution < -0.4 is 0 Å². The summed E-state index contributed by atoms with van der Waals surface area (Å²) in [6.07, 6.45) is 1.80. The quantitative estimate of drug-likeness (QED) is 0.193. The summed E-state index contributed by atoms with van der Waals surface area (Å²) >= 11 is 0. The lowest BCUT2D eigenvalue weighted by atomic mass is 9.98. The number of pyridine rings is 4. The molecular weight excluding hydrogens is 560 g/mol. The second-order valence-electron chi connectivity index (χ2n) is 11.6. The minimum atomic E-state index is 0.878. The maximum atomic E-state index is 5.16. The maximum absolute atomic E-state index is 5.16. The van der Waals surface area contributed by atoms with Crippen LogP contribution in [0.15, 0.2) is 158 Å². The van der Waals surface area contributed by atoms with E-state index in [0.717, 1.165) is 72.2 Å². The van der Waals surface area contributed by atoms with Gasteiger partial charge in [0, 0.05) is 33.5 Å². The van der Waals surface area contributed by atoms with E-state index in [1.54, 1.807) is 6.20 Å². The Morgan fingerprint density at radius 2 is 0.848 bits per heavy atom. The van der Waals surface area contributed by atoms with Crippen LogP contribution in [0.25, 0.3) is 88.5 Å². The average Bonchev–Trinajstić information content (AvgIpc) is 3.14. The third kappa shape index (κ3) is 4.64. The fraction of sp³-hybridized carbons (Fsp3) is 0. The van der Waals surface area contributed by atoms with Crippen molar-refractivity contribution in [3.05, 3.63) is 158 Å². The topological polar surface area (TPSA) is 51.6 Å². The summed E-state index contributed by atoms with van der Waals surface area (Å²) in [5.41, 5.74) is 11.0. The van der Waals surface area contributed by atoms with E-state index in [1.807, 2.05) is 42.5 Å². The molecule has 4 aromatic heterocycles. The first kappa shape index (κ1) is 26.2. The van der Waals surface area contributed by atoms with E-state index in [9.17, 15) is 0 Å². The molecule has 0 saturated carbocycles. The van der Waals surface area contributed by atoms with Gasteiger partial charge in [0.15, 0.2) is 0 Å². The summed E-state index contributed by atoms with van der Waals surface area (Å²) in [7, 11) is 0. The molecule has 0 radical (unpaired) electrons. The predicted molar refractivity (Wildman–Crippen MR) is 189 cm³/mol. The molecule has 46 heavy (non-hydrogen) atoms. The minimum absolute atomic E-state index is 0.878. The highest BCUT2D eigenvalue weighted by molar-refractivity contribution is 6.04. The van der Waals surface area contributed by atoms with E-state index in [4.69, 9.17) is 15.0 Å². The summed E-state index contributed by atoms with van der Waals surface area (Å²) in [5, 5.41) is 5.63. The van der Waals surface area contributed by atoms with Gasteiger partial charge in [-0.05, 0) is 76.5 Å². The molecule has 0 unspecified atom stereocenters. The van der Waals surface area contributed by atoms with Crippen molar-refractivity contribution in [2.45, 2.75) is 0 Å². The first-order valence-corrected chi connectivity index (χ1v) is 15.4. The number of aromatic nitrogens is 4. The van der Waals surface area contributed by atoms with E-state index in [-0.39, 0.29) is 0 Å². The summed E-state index contributed by atoms with van der Waals surface area (Å²) in [6, 6.07) is 52.8. The van der Waals surface area contributed by atoms with Crippen LogP contribution >= 0.6 is 0 Å². The van der Waals surface area contributed by atoms with E-state index >= 15 is 0 Å². The highest BCUT2D eigenvalue weighted by atomic mass is 14.8. The Labute approximate surface area is 265 Å². The average molecular weight is 587 g/mol. The van der Waals surface area contributed by atoms with Gasteiger partial charge in [-0.15, -0.1) is 0 Å². The van der Waals surface area contributed by atoms with Crippen LogP contribution in [0.3, 0.4) is 0 Å². The minimum Gasteiger partial charge on any atom is -0.255 e. The Bertz CT molecular complexity index is 2580. The molecule has 0 aliphatic carbocycles. The Hall–Kier alpha value is -6.26. The molecular formula is C42H26N4. The van der Waals surface area contributed by atoms with Crippen LogP contribution in [0, 0.1) is 0 Å². The Morgan fingerprint density at radius 1 is 0.304 bits per heavy atom. The third-order valence-electron chi connectivity index (χ3n) is 8.68. The number of benzene rings is 5. The molecule has 214 valence electrons. The second kappa shape index (κ2) is 10.7. The summed E-state index contributed by atoms with van der Waals surface area (Å²) in [4.78, 5) is 19.5. The van der Waals surface area contributed by atoms with Crippen LogP contribution in [-0.2, 0) is 0 Å². The van der Waals surface area contributed by atoms with Crippen molar-refractivity contribution < 1.29 is 0 Å². The Morgan fingerprint density at radius 3 is 1.57 bits per heavy atom. The molecule has 0 saturated heterocycles. The second-order valence-corrected chi connectivity index (χ2v) is 11.6. The summed E-state index contributed by atoms with van der Waals surface area (Å²) in [5.74, 6) is 0. The standard InChI is InChI=1S/C42H26N4/c1-2-6-27(7-3-1)36-19-15-28-9-10-29-16-20-38(46-42(29)41(28)45-36)34-14-13-31-24-30(11-12-32(31)25-34)33-17-21-37-35(26-33)18-22-40(44-37)39-8-4-5-23-43-39/h1-26H. The summed E-state index contributed by atoms with van der Waals surface area (Å²) in [6.45, 7) is 0. The van der Waals surface area contributed by atoms with Gasteiger partial charge in [-0.25, -0.2) is 15.0 Å². The van der Waals surface area contributed by atoms with Crippen molar-refractivity contribution in [3.63, 3.8) is 0 Å². The zero-order valence-electron chi connectivity index (χ0n) is 24.8. The molecule has 4 heterocycles. The zero-order valence-corrected chi connectivity index (χ0v) is 24.8. The molecule has 0 N–H and O–H groups in total. The van der Waals surface area contributed by atoms with E-state index in [2.05, 4.69) is 114 Å². The van der Waals surface area contributed by atoms with Gasteiger partial charge in [-0.2, -0.15) is 0 Å². The molecule has 9 aromatic rings. The third-order valence-corrected chi connectivity index (χ3v) is 8.68. The zero-order chi connectivity index (χ0) is 30.5. The van der Waals surface area contributed by atoms with Crippen molar-refractivity contribution in [1.82, 2.24) is 19.9 Å². The molecule has 4 nitrogen and oxygen atoms in total. The van der Waals surface area contributed by atoms with Crippen molar-refractivity contribution in [3.8, 4) is 45.0 Å². The van der Waals surface area contributed by atoms with Crippen molar-refractivity contribution in [2.75, 3.05) is 0 Å². The molecule has 4 heteroatoms. The van der Waals surface area contributed by atoms with Crippen molar-refractivity contribution in [2.24, 2.45) is 0 Å². The maximum Gasteiger partial charge on any atom is 0.0972 e. The number of hydrogen-bond donors (Lipinski definition) is 0. The van der Waals surface area contributed by atoms with Crippen LogP contribution in [0.1, 0.15) is 0 Å². The molecule has 0 spiro atoms. The van der Waals surface area contributed by atoms with Gasteiger partial charge in [-0.1, -0.05) is 97.1 Å². The van der Waals surface area contributed by atoms with Crippen LogP contribution in [0.4, 0.5) is 0 Å². The van der Waals surface area contributed by atoms with Crippen LogP contribution in [-0.4, -0.2) is 19.9 Å². The monoisotopic (exact) mass is 586 g/mol. The van der Waals surface area contributed by atoms with Gasteiger partial charge < -0.3 is 0 Å². The fourth-order valence-electron chi connectivity index (χ4n) is 6.24. The lowest BCUT2D eigenvalue weighted by molar-refractivity contribution is 1.28. The van der Waals surface area contributed by atoms with Gasteiger partial charge >= 0.3 is 0 Å². The highest BCUT2D eigenvalue weighted by Gasteiger charge is 2.10. The van der Waals surface area contributed by atoms with Gasteiger partial charge in [0.1, 0.15) is 0 Å². The number of fused-ring (bicyclic) bond motifs is 5. The molecule has 0 aliphatic heterocycles. The molecule has 5 aromatic carbocycles. The first-order valence-electron chi connectivity index (χ1n) is 15.4. The first-order chi connectivity index (χ1) is 22.7. The molecule has 0 aliphatic rings.